The van der Waals surface area contributed by atoms with E-state index < -0.39 is 0 Å². The third-order valence-corrected chi connectivity index (χ3v) is 4.50. The van der Waals surface area contributed by atoms with Gasteiger partial charge in [0.15, 0.2) is 24.6 Å². The molecule has 2 aromatic carbocycles. The number of benzene rings is 2. The summed E-state index contributed by atoms with van der Waals surface area (Å²) in [6.07, 6.45) is 0. The van der Waals surface area contributed by atoms with Crippen LogP contribution in [-0.2, 0) is 9.59 Å². The molecule has 0 fully saturated rings. The van der Waals surface area contributed by atoms with Crippen molar-refractivity contribution in [2.45, 2.75) is 27.7 Å². The molecule has 0 heterocycles. The Kier molecular flexibility index (Phi) is 8.68. The minimum atomic E-state index is -0.181. The van der Waals surface area contributed by atoms with E-state index in [1.54, 1.807) is 18.2 Å². The van der Waals surface area contributed by atoms with Crippen LogP contribution in [-0.4, -0.2) is 45.2 Å². The molecule has 0 saturated heterocycles. The minimum Gasteiger partial charge on any atom is -0.490 e. The van der Waals surface area contributed by atoms with Gasteiger partial charge in [0.2, 0.25) is 0 Å². The molecule has 162 valence electrons. The van der Waals surface area contributed by atoms with Gasteiger partial charge in [-0.3, -0.25) is 9.59 Å². The van der Waals surface area contributed by atoms with E-state index in [0.29, 0.717) is 30.4 Å². The van der Waals surface area contributed by atoms with Crippen LogP contribution >= 0.6 is 0 Å². The third kappa shape index (κ3) is 6.77. The van der Waals surface area contributed by atoms with Crippen LogP contribution in [0.1, 0.15) is 25.0 Å². The smallest absolute Gasteiger partial charge is 0.279 e. The van der Waals surface area contributed by atoms with Crippen molar-refractivity contribution in [2.24, 2.45) is 0 Å². The summed E-state index contributed by atoms with van der Waals surface area (Å²) in [5.74, 6) is 0.922. The number of amides is 2. The summed E-state index contributed by atoms with van der Waals surface area (Å²) in [5, 5.41) is 5.81. The summed E-state index contributed by atoms with van der Waals surface area (Å²) in [7, 11) is 1.81. The molecule has 2 rings (SSSR count). The molecule has 7 nitrogen and oxygen atoms in total. The van der Waals surface area contributed by atoms with Crippen molar-refractivity contribution >= 4 is 23.2 Å². The second kappa shape index (κ2) is 11.2. The fraction of sp³-hybridized carbons (Fsp3) is 0.391. The number of hydrogen-bond donors (Lipinski definition) is 3. The SMILES string of the molecule is CCOc1ccc(NC(=O)C[NH+](C)CC(=O)Nc2c(C)cccc2C)cc1OCC. The van der Waals surface area contributed by atoms with Crippen LogP contribution in [0.25, 0.3) is 0 Å². The van der Waals surface area contributed by atoms with Crippen LogP contribution in [0.4, 0.5) is 11.4 Å². The number of ether oxygens (including phenoxy) is 2. The number of quaternary nitrogens is 1. The molecule has 3 N–H and O–H groups in total. The normalized spacial score (nSPS) is 11.5. The van der Waals surface area contributed by atoms with Crippen LogP contribution in [0.5, 0.6) is 11.5 Å². The van der Waals surface area contributed by atoms with Gasteiger partial charge in [0.25, 0.3) is 11.8 Å². The van der Waals surface area contributed by atoms with E-state index >= 15 is 0 Å². The number of carbonyl (C=O) groups excluding carboxylic acids is 2. The van der Waals surface area contributed by atoms with Gasteiger partial charge in [0.1, 0.15) is 0 Å². The summed E-state index contributed by atoms with van der Waals surface area (Å²) < 4.78 is 11.1. The molecular weight excluding hydrogens is 382 g/mol. The van der Waals surface area contributed by atoms with E-state index in [1.165, 1.54) is 0 Å². The first kappa shape index (κ1) is 23.2. The number of nitrogens with one attached hydrogen (secondary N) is 3. The van der Waals surface area contributed by atoms with Crippen LogP contribution in [0, 0.1) is 13.8 Å². The third-order valence-electron chi connectivity index (χ3n) is 4.50. The Hall–Kier alpha value is -3.06. The van der Waals surface area contributed by atoms with Crippen molar-refractivity contribution in [3.05, 3.63) is 47.5 Å². The lowest BCUT2D eigenvalue weighted by molar-refractivity contribution is -0.862. The summed E-state index contributed by atoms with van der Waals surface area (Å²) in [6.45, 7) is 9.10. The Morgan fingerprint density at radius 2 is 1.43 bits per heavy atom. The average molecular weight is 415 g/mol. The van der Waals surface area contributed by atoms with Crippen LogP contribution < -0.4 is 25.0 Å². The zero-order chi connectivity index (χ0) is 22.1. The molecule has 0 spiro atoms. The Balaban J connectivity index is 1.91. The maximum Gasteiger partial charge on any atom is 0.279 e. The summed E-state index contributed by atoms with van der Waals surface area (Å²) in [4.78, 5) is 25.6. The van der Waals surface area contributed by atoms with Gasteiger partial charge < -0.3 is 25.0 Å². The molecule has 0 bridgehead atoms. The number of likely N-dealkylation sites (N-methyl/N-ethyl adjacent to an activating group) is 1. The van der Waals surface area contributed by atoms with E-state index in [2.05, 4.69) is 10.6 Å². The lowest BCUT2D eigenvalue weighted by atomic mass is 10.1. The fourth-order valence-corrected chi connectivity index (χ4v) is 3.14. The maximum absolute atomic E-state index is 12.4. The van der Waals surface area contributed by atoms with Gasteiger partial charge in [-0.25, -0.2) is 0 Å². The number of aryl methyl sites for hydroxylation is 2. The molecule has 0 radical (unpaired) electrons. The number of rotatable bonds is 10. The highest BCUT2D eigenvalue weighted by Crippen LogP contribution is 2.30. The zero-order valence-electron chi connectivity index (χ0n) is 18.4. The molecule has 30 heavy (non-hydrogen) atoms. The van der Waals surface area contributed by atoms with Crippen LogP contribution in [0.3, 0.4) is 0 Å². The van der Waals surface area contributed by atoms with Crippen molar-refractivity contribution in [3.63, 3.8) is 0 Å². The predicted molar refractivity (Wildman–Crippen MR) is 119 cm³/mol. The van der Waals surface area contributed by atoms with Gasteiger partial charge in [0, 0.05) is 17.4 Å². The van der Waals surface area contributed by atoms with Gasteiger partial charge in [-0.05, 0) is 51.0 Å². The minimum absolute atomic E-state index is 0.127. The molecule has 0 saturated carbocycles. The summed E-state index contributed by atoms with van der Waals surface area (Å²) in [6, 6.07) is 11.2. The van der Waals surface area contributed by atoms with E-state index in [1.807, 2.05) is 52.9 Å². The highest BCUT2D eigenvalue weighted by Gasteiger charge is 2.16. The molecule has 1 unspecified atom stereocenters. The molecule has 1 atom stereocenters. The van der Waals surface area contributed by atoms with Crippen LogP contribution in [0.15, 0.2) is 36.4 Å². The van der Waals surface area contributed by atoms with Crippen molar-refractivity contribution in [3.8, 4) is 11.5 Å². The van der Waals surface area contributed by atoms with Crippen molar-refractivity contribution < 1.29 is 24.0 Å². The molecule has 0 aliphatic heterocycles. The fourth-order valence-electron chi connectivity index (χ4n) is 3.14. The van der Waals surface area contributed by atoms with Crippen molar-refractivity contribution in [1.29, 1.82) is 0 Å². The van der Waals surface area contributed by atoms with Crippen molar-refractivity contribution in [2.75, 3.05) is 44.0 Å². The van der Waals surface area contributed by atoms with Gasteiger partial charge in [-0.1, -0.05) is 18.2 Å². The number of carbonyl (C=O) groups is 2. The van der Waals surface area contributed by atoms with E-state index in [4.69, 9.17) is 9.47 Å². The monoisotopic (exact) mass is 414 g/mol. The Morgan fingerprint density at radius 1 is 0.867 bits per heavy atom. The lowest BCUT2D eigenvalue weighted by Crippen LogP contribution is -3.11. The van der Waals surface area contributed by atoms with E-state index in [0.717, 1.165) is 21.7 Å². The predicted octanol–water partition coefficient (Wildman–Crippen LogP) is 2.19. The summed E-state index contributed by atoms with van der Waals surface area (Å²) >= 11 is 0. The Bertz CT molecular complexity index is 862. The first-order valence-corrected chi connectivity index (χ1v) is 10.2. The van der Waals surface area contributed by atoms with E-state index in [9.17, 15) is 9.59 Å². The molecule has 0 aromatic heterocycles. The van der Waals surface area contributed by atoms with E-state index in [-0.39, 0.29) is 24.9 Å². The first-order chi connectivity index (χ1) is 14.3. The molecule has 2 amide bonds. The lowest BCUT2D eigenvalue weighted by Gasteiger charge is -2.16. The second-order valence-corrected chi connectivity index (χ2v) is 7.20. The standard InChI is InChI=1S/C23H31N3O4/c1-6-29-19-12-11-18(13-20(19)30-7-2)24-21(27)14-26(5)15-22(28)25-23-16(3)9-8-10-17(23)4/h8-13H,6-7,14-15H2,1-5H3,(H,24,27)(H,25,28)/p+1. The van der Waals surface area contributed by atoms with Gasteiger partial charge >= 0.3 is 0 Å². The molecule has 7 heteroatoms. The topological polar surface area (TPSA) is 81.1 Å². The molecule has 2 aromatic rings. The van der Waals surface area contributed by atoms with Gasteiger partial charge in [-0.15, -0.1) is 0 Å². The highest BCUT2D eigenvalue weighted by molar-refractivity contribution is 5.94. The van der Waals surface area contributed by atoms with Gasteiger partial charge in [-0.2, -0.15) is 0 Å². The summed E-state index contributed by atoms with van der Waals surface area (Å²) in [5.41, 5.74) is 3.48. The van der Waals surface area contributed by atoms with Crippen molar-refractivity contribution in [1.82, 2.24) is 0 Å². The largest absolute Gasteiger partial charge is 0.490 e. The molecule has 0 aliphatic rings. The number of para-hydroxylation sites is 1. The second-order valence-electron chi connectivity index (χ2n) is 7.20. The first-order valence-electron chi connectivity index (χ1n) is 10.2. The average Bonchev–Trinajstić information content (AvgIpc) is 2.67. The highest BCUT2D eigenvalue weighted by atomic mass is 16.5. The molecule has 0 aliphatic carbocycles. The Labute approximate surface area is 178 Å². The van der Waals surface area contributed by atoms with Crippen LogP contribution in [0.2, 0.25) is 0 Å². The quantitative estimate of drug-likeness (QED) is 0.557. The molecular formula is C23H32N3O4+. The maximum atomic E-state index is 12.4. The van der Waals surface area contributed by atoms with Gasteiger partial charge in [0.05, 0.1) is 20.3 Å². The number of anilines is 2. The zero-order valence-corrected chi connectivity index (χ0v) is 18.4. The Morgan fingerprint density at radius 3 is 2.03 bits per heavy atom. The number of hydrogen-bond acceptors (Lipinski definition) is 4.